The lowest BCUT2D eigenvalue weighted by Gasteiger charge is -2.28. The number of hydrogen-bond acceptors (Lipinski definition) is 4. The number of carbonyl (C=O) groups excluding carboxylic acids is 2. The first-order valence-corrected chi connectivity index (χ1v) is 9.53. The Morgan fingerprint density at radius 3 is 2.28 bits per heavy atom. The maximum Gasteiger partial charge on any atom is 0.261 e. The summed E-state index contributed by atoms with van der Waals surface area (Å²) in [5.74, 6) is 0.256. The first-order chi connectivity index (χ1) is 13.9. The molecule has 1 atom stereocenters. The minimum atomic E-state index is -0.696. The van der Waals surface area contributed by atoms with Crippen molar-refractivity contribution >= 4 is 11.8 Å². The van der Waals surface area contributed by atoms with Gasteiger partial charge in [0.15, 0.2) is 6.61 Å². The highest BCUT2D eigenvalue weighted by atomic mass is 19.1. The number of methoxy groups -OCH3 is 1. The average molecular weight is 402 g/mol. The first-order valence-electron chi connectivity index (χ1n) is 9.53. The van der Waals surface area contributed by atoms with Gasteiger partial charge in [-0.25, -0.2) is 4.39 Å². The summed E-state index contributed by atoms with van der Waals surface area (Å²) in [7, 11) is 1.57. The number of hydrogen-bond donors (Lipinski definition) is 1. The number of carbonyl (C=O) groups is 2. The molecule has 0 bridgehead atoms. The van der Waals surface area contributed by atoms with Crippen LogP contribution in [-0.4, -0.2) is 43.0 Å². The molecule has 0 aliphatic carbocycles. The molecule has 29 heavy (non-hydrogen) atoms. The summed E-state index contributed by atoms with van der Waals surface area (Å²) >= 11 is 0. The molecule has 2 aromatic rings. The Kier molecular flexibility index (Phi) is 8.45. The van der Waals surface area contributed by atoms with E-state index in [0.29, 0.717) is 18.0 Å². The van der Waals surface area contributed by atoms with Crippen molar-refractivity contribution < 1.29 is 23.5 Å². The Morgan fingerprint density at radius 1 is 1.07 bits per heavy atom. The van der Waals surface area contributed by atoms with Crippen LogP contribution in [0, 0.1) is 5.82 Å². The normalized spacial score (nSPS) is 11.4. The summed E-state index contributed by atoms with van der Waals surface area (Å²) in [4.78, 5) is 26.7. The van der Waals surface area contributed by atoms with Gasteiger partial charge in [-0.1, -0.05) is 19.1 Å². The van der Waals surface area contributed by atoms with Crippen molar-refractivity contribution in [3.8, 4) is 11.5 Å². The van der Waals surface area contributed by atoms with Crippen molar-refractivity contribution in [3.63, 3.8) is 0 Å². The lowest BCUT2D eigenvalue weighted by atomic mass is 10.1. The molecule has 0 unspecified atom stereocenters. The highest BCUT2D eigenvalue weighted by Gasteiger charge is 2.26. The Labute approximate surface area is 170 Å². The summed E-state index contributed by atoms with van der Waals surface area (Å²) < 4.78 is 23.9. The standard InChI is InChI=1S/C22H27FN2O4/c1-4-13-24-22(27)16(2)25(14-17-5-7-18(23)8-6-17)21(26)15-29-20-11-9-19(28-3)10-12-20/h5-12,16H,4,13-15H2,1-3H3,(H,24,27)/t16-/m1/s1. The van der Waals surface area contributed by atoms with E-state index in [-0.39, 0.29) is 30.8 Å². The fourth-order valence-electron chi connectivity index (χ4n) is 2.66. The topological polar surface area (TPSA) is 67.9 Å². The van der Waals surface area contributed by atoms with Gasteiger partial charge in [0.05, 0.1) is 7.11 Å². The van der Waals surface area contributed by atoms with Crippen LogP contribution in [0.2, 0.25) is 0 Å². The van der Waals surface area contributed by atoms with Gasteiger partial charge in [-0.3, -0.25) is 9.59 Å². The fraction of sp³-hybridized carbons (Fsp3) is 0.364. The molecule has 0 aliphatic rings. The van der Waals surface area contributed by atoms with Crippen LogP contribution < -0.4 is 14.8 Å². The van der Waals surface area contributed by atoms with E-state index in [1.807, 2.05) is 6.92 Å². The van der Waals surface area contributed by atoms with Crippen molar-refractivity contribution in [3.05, 3.63) is 59.9 Å². The van der Waals surface area contributed by atoms with Gasteiger partial charge in [0, 0.05) is 13.1 Å². The number of benzene rings is 2. The van der Waals surface area contributed by atoms with Crippen molar-refractivity contribution in [2.45, 2.75) is 32.9 Å². The molecule has 2 aromatic carbocycles. The van der Waals surface area contributed by atoms with Crippen molar-refractivity contribution in [1.29, 1.82) is 0 Å². The second-order valence-electron chi connectivity index (χ2n) is 6.58. The summed E-state index contributed by atoms with van der Waals surface area (Å²) in [6.07, 6.45) is 0.797. The minimum Gasteiger partial charge on any atom is -0.497 e. The van der Waals surface area contributed by atoms with E-state index < -0.39 is 6.04 Å². The zero-order chi connectivity index (χ0) is 21.2. The summed E-state index contributed by atoms with van der Waals surface area (Å²) in [6, 6.07) is 12.0. The number of nitrogens with zero attached hydrogens (tertiary/aromatic N) is 1. The van der Waals surface area contributed by atoms with Crippen molar-refractivity contribution in [1.82, 2.24) is 10.2 Å². The van der Waals surface area contributed by atoms with E-state index in [1.54, 1.807) is 50.4 Å². The quantitative estimate of drug-likeness (QED) is 0.663. The lowest BCUT2D eigenvalue weighted by Crippen LogP contribution is -2.49. The molecule has 0 heterocycles. The van der Waals surface area contributed by atoms with Gasteiger partial charge < -0.3 is 19.7 Å². The molecule has 2 rings (SSSR count). The summed E-state index contributed by atoms with van der Waals surface area (Å²) in [5, 5.41) is 2.80. The maximum atomic E-state index is 13.2. The number of ether oxygens (including phenoxy) is 2. The molecule has 1 N–H and O–H groups in total. The number of nitrogens with one attached hydrogen (secondary N) is 1. The van der Waals surface area contributed by atoms with E-state index in [2.05, 4.69) is 5.32 Å². The molecule has 0 aliphatic heterocycles. The Balaban J connectivity index is 2.09. The van der Waals surface area contributed by atoms with Crippen LogP contribution in [0.5, 0.6) is 11.5 Å². The SMILES string of the molecule is CCCNC(=O)[C@@H](C)N(Cc1ccc(F)cc1)C(=O)COc1ccc(OC)cc1. The van der Waals surface area contributed by atoms with Crippen LogP contribution in [-0.2, 0) is 16.1 Å². The predicted octanol–water partition coefficient (Wildman–Crippen LogP) is 3.16. The Hall–Kier alpha value is -3.09. The summed E-state index contributed by atoms with van der Waals surface area (Å²) in [6.45, 7) is 4.10. The summed E-state index contributed by atoms with van der Waals surface area (Å²) in [5.41, 5.74) is 0.722. The van der Waals surface area contributed by atoms with Gasteiger partial charge in [0.2, 0.25) is 5.91 Å². The first kappa shape index (κ1) is 22.2. The Bertz CT molecular complexity index is 793. The van der Waals surface area contributed by atoms with E-state index >= 15 is 0 Å². The third-order valence-electron chi connectivity index (χ3n) is 4.40. The maximum absolute atomic E-state index is 13.2. The highest BCUT2D eigenvalue weighted by molar-refractivity contribution is 5.87. The largest absolute Gasteiger partial charge is 0.497 e. The molecule has 6 nitrogen and oxygen atoms in total. The molecule has 2 amide bonds. The molecule has 7 heteroatoms. The molecule has 0 aromatic heterocycles. The molecule has 0 saturated heterocycles. The minimum absolute atomic E-state index is 0.172. The highest BCUT2D eigenvalue weighted by Crippen LogP contribution is 2.17. The molecular formula is C22H27FN2O4. The third kappa shape index (κ3) is 6.78. The monoisotopic (exact) mass is 402 g/mol. The van der Waals surface area contributed by atoms with Gasteiger partial charge in [0.25, 0.3) is 5.91 Å². The molecule has 0 radical (unpaired) electrons. The fourth-order valence-corrected chi connectivity index (χ4v) is 2.66. The van der Waals surface area contributed by atoms with E-state index in [4.69, 9.17) is 9.47 Å². The molecule has 0 fully saturated rings. The van der Waals surface area contributed by atoms with Crippen LogP contribution in [0.15, 0.2) is 48.5 Å². The number of halogens is 1. The van der Waals surface area contributed by atoms with Gasteiger partial charge >= 0.3 is 0 Å². The van der Waals surface area contributed by atoms with Crippen LogP contribution in [0.4, 0.5) is 4.39 Å². The second-order valence-corrected chi connectivity index (χ2v) is 6.58. The van der Waals surface area contributed by atoms with Crippen LogP contribution >= 0.6 is 0 Å². The van der Waals surface area contributed by atoms with Gasteiger partial charge in [-0.05, 0) is 55.3 Å². The Morgan fingerprint density at radius 2 is 1.69 bits per heavy atom. The molecule has 0 saturated carbocycles. The van der Waals surface area contributed by atoms with Crippen molar-refractivity contribution in [2.24, 2.45) is 0 Å². The molecular weight excluding hydrogens is 375 g/mol. The van der Waals surface area contributed by atoms with Crippen LogP contribution in [0.3, 0.4) is 0 Å². The number of amides is 2. The third-order valence-corrected chi connectivity index (χ3v) is 4.40. The van der Waals surface area contributed by atoms with E-state index in [9.17, 15) is 14.0 Å². The second kappa shape index (κ2) is 11.0. The van der Waals surface area contributed by atoms with Crippen LogP contribution in [0.25, 0.3) is 0 Å². The smallest absolute Gasteiger partial charge is 0.261 e. The van der Waals surface area contributed by atoms with Gasteiger partial charge in [-0.15, -0.1) is 0 Å². The van der Waals surface area contributed by atoms with Gasteiger partial charge in [-0.2, -0.15) is 0 Å². The lowest BCUT2D eigenvalue weighted by molar-refractivity contribution is -0.142. The zero-order valence-electron chi connectivity index (χ0n) is 17.0. The average Bonchev–Trinajstić information content (AvgIpc) is 2.75. The zero-order valence-corrected chi connectivity index (χ0v) is 17.0. The molecule has 0 spiro atoms. The molecule has 156 valence electrons. The van der Waals surface area contributed by atoms with E-state index in [0.717, 1.165) is 12.0 Å². The van der Waals surface area contributed by atoms with E-state index in [1.165, 1.54) is 17.0 Å². The van der Waals surface area contributed by atoms with Crippen molar-refractivity contribution in [2.75, 3.05) is 20.3 Å². The van der Waals surface area contributed by atoms with Gasteiger partial charge in [0.1, 0.15) is 23.4 Å². The predicted molar refractivity (Wildman–Crippen MR) is 108 cm³/mol. The number of rotatable bonds is 10. The van der Waals surface area contributed by atoms with Crippen LogP contribution in [0.1, 0.15) is 25.8 Å².